The molecule has 1 aliphatic rings. The first kappa shape index (κ1) is 16.8. The predicted octanol–water partition coefficient (Wildman–Crippen LogP) is 3.11. The number of amides is 1. The van der Waals surface area contributed by atoms with E-state index in [1.165, 1.54) is 5.69 Å². The second kappa shape index (κ2) is 6.94. The fourth-order valence-corrected chi connectivity index (χ4v) is 3.91. The highest BCUT2D eigenvalue weighted by Crippen LogP contribution is 2.29. The van der Waals surface area contributed by atoms with Crippen LogP contribution >= 0.6 is 0 Å². The highest BCUT2D eigenvalue weighted by Gasteiger charge is 2.28. The second-order valence-corrected chi connectivity index (χ2v) is 7.32. The van der Waals surface area contributed by atoms with Gasteiger partial charge in [-0.3, -0.25) is 4.79 Å². The monoisotopic (exact) mass is 351 g/mol. The molecule has 0 saturated carbocycles. The summed E-state index contributed by atoms with van der Waals surface area (Å²) >= 11 is 0. The molecule has 1 N–H and O–H groups in total. The lowest BCUT2D eigenvalue weighted by Gasteiger charge is -2.34. The van der Waals surface area contributed by atoms with E-state index in [1.54, 1.807) is 12.4 Å². The van der Waals surface area contributed by atoms with Gasteiger partial charge in [-0.1, -0.05) is 6.92 Å². The van der Waals surface area contributed by atoms with Crippen molar-refractivity contribution in [3.63, 3.8) is 0 Å². The van der Waals surface area contributed by atoms with E-state index in [1.807, 2.05) is 35.6 Å². The van der Waals surface area contributed by atoms with Crippen LogP contribution in [-0.4, -0.2) is 43.4 Å². The van der Waals surface area contributed by atoms with Gasteiger partial charge in [-0.05, 0) is 38.0 Å². The summed E-state index contributed by atoms with van der Waals surface area (Å²) in [6.07, 6.45) is 7.67. The van der Waals surface area contributed by atoms with Gasteiger partial charge in [0.1, 0.15) is 11.5 Å². The molecule has 0 bridgehead atoms. The zero-order valence-electron chi connectivity index (χ0n) is 15.4. The molecule has 4 rings (SSSR count). The zero-order valence-corrected chi connectivity index (χ0v) is 15.4. The van der Waals surface area contributed by atoms with Gasteiger partial charge in [-0.25, -0.2) is 9.97 Å². The molecule has 1 aliphatic heterocycles. The van der Waals surface area contributed by atoms with Crippen LogP contribution in [0.25, 0.3) is 11.0 Å². The fourth-order valence-electron chi connectivity index (χ4n) is 3.91. The minimum absolute atomic E-state index is 0.0500. The summed E-state index contributed by atoms with van der Waals surface area (Å²) in [5.41, 5.74) is 2.12. The maximum atomic E-state index is 13.0. The number of aromatic nitrogens is 4. The number of piperidine rings is 1. The maximum Gasteiger partial charge on any atom is 0.227 e. The van der Waals surface area contributed by atoms with Gasteiger partial charge in [0.15, 0.2) is 0 Å². The van der Waals surface area contributed by atoms with Gasteiger partial charge < -0.3 is 14.5 Å². The van der Waals surface area contributed by atoms with Crippen molar-refractivity contribution < 1.29 is 4.79 Å². The van der Waals surface area contributed by atoms with Crippen molar-refractivity contribution in [2.45, 2.75) is 39.2 Å². The molecule has 0 radical (unpaired) electrons. The van der Waals surface area contributed by atoms with Gasteiger partial charge in [-0.15, -0.1) is 0 Å². The highest BCUT2D eigenvalue weighted by atomic mass is 16.2. The number of nitrogens with zero attached hydrogens (tertiary/aromatic N) is 4. The van der Waals surface area contributed by atoms with Crippen LogP contribution in [0, 0.1) is 12.8 Å². The first-order chi connectivity index (χ1) is 12.6. The SMILES string of the molecule is Cc1nccn1C[C@H](C)C(=O)N1CCC[C@H](c2cc3cccnc3[nH]2)C1. The Morgan fingerprint density at radius 3 is 3.04 bits per heavy atom. The van der Waals surface area contributed by atoms with Crippen LogP contribution in [0.3, 0.4) is 0 Å². The number of pyridine rings is 1. The number of hydrogen-bond acceptors (Lipinski definition) is 3. The Morgan fingerprint density at radius 2 is 2.27 bits per heavy atom. The number of nitrogens with one attached hydrogen (secondary N) is 1. The van der Waals surface area contributed by atoms with Gasteiger partial charge in [-0.2, -0.15) is 0 Å². The minimum atomic E-state index is -0.0500. The van der Waals surface area contributed by atoms with Crippen LogP contribution in [0.4, 0.5) is 0 Å². The molecular formula is C20H25N5O. The number of aromatic amines is 1. The molecule has 0 aliphatic carbocycles. The molecular weight excluding hydrogens is 326 g/mol. The average Bonchev–Trinajstić information content (AvgIpc) is 3.27. The van der Waals surface area contributed by atoms with Crippen molar-refractivity contribution in [1.82, 2.24) is 24.4 Å². The minimum Gasteiger partial charge on any atom is -0.343 e. The topological polar surface area (TPSA) is 66.8 Å². The predicted molar refractivity (Wildman–Crippen MR) is 101 cm³/mol. The summed E-state index contributed by atoms with van der Waals surface area (Å²) < 4.78 is 2.05. The fraction of sp³-hybridized carbons (Fsp3) is 0.450. The second-order valence-electron chi connectivity index (χ2n) is 7.32. The third-order valence-electron chi connectivity index (χ3n) is 5.40. The van der Waals surface area contributed by atoms with Gasteiger partial charge in [0.2, 0.25) is 5.91 Å². The number of likely N-dealkylation sites (tertiary alicyclic amines) is 1. The normalized spacial score (nSPS) is 19.0. The summed E-state index contributed by atoms with van der Waals surface area (Å²) in [4.78, 5) is 27.0. The van der Waals surface area contributed by atoms with Crippen LogP contribution in [0.1, 0.15) is 37.2 Å². The first-order valence-corrected chi connectivity index (χ1v) is 9.32. The Hall–Kier alpha value is -2.63. The molecule has 4 heterocycles. The van der Waals surface area contributed by atoms with Crippen LogP contribution in [0.5, 0.6) is 0 Å². The maximum absolute atomic E-state index is 13.0. The summed E-state index contributed by atoms with van der Waals surface area (Å²) in [6.45, 7) is 6.29. The summed E-state index contributed by atoms with van der Waals surface area (Å²) in [7, 11) is 0. The van der Waals surface area contributed by atoms with Crippen molar-refractivity contribution in [3.8, 4) is 0 Å². The lowest BCUT2D eigenvalue weighted by Crippen LogP contribution is -2.42. The molecule has 1 amide bonds. The number of hydrogen-bond donors (Lipinski definition) is 1. The van der Waals surface area contributed by atoms with Crippen LogP contribution in [0.15, 0.2) is 36.8 Å². The number of rotatable bonds is 4. The molecule has 0 aromatic carbocycles. The smallest absolute Gasteiger partial charge is 0.227 e. The van der Waals surface area contributed by atoms with Gasteiger partial charge >= 0.3 is 0 Å². The Balaban J connectivity index is 1.45. The molecule has 3 aromatic rings. The van der Waals surface area contributed by atoms with Crippen LogP contribution in [-0.2, 0) is 11.3 Å². The van der Waals surface area contributed by atoms with E-state index in [0.717, 1.165) is 42.8 Å². The largest absolute Gasteiger partial charge is 0.343 e. The van der Waals surface area contributed by atoms with Crippen LogP contribution < -0.4 is 0 Å². The molecule has 1 saturated heterocycles. The molecule has 6 nitrogen and oxygen atoms in total. The first-order valence-electron chi connectivity index (χ1n) is 9.32. The Kier molecular flexibility index (Phi) is 4.49. The highest BCUT2D eigenvalue weighted by molar-refractivity contribution is 5.79. The molecule has 2 atom stereocenters. The Morgan fingerprint density at radius 1 is 1.38 bits per heavy atom. The Bertz CT molecular complexity index is 879. The molecule has 136 valence electrons. The number of aryl methyl sites for hydroxylation is 1. The lowest BCUT2D eigenvalue weighted by molar-refractivity contribution is -0.136. The number of carbonyl (C=O) groups excluding carboxylic acids is 1. The molecule has 1 fully saturated rings. The number of H-pyrrole nitrogens is 1. The third kappa shape index (κ3) is 3.23. The molecule has 0 spiro atoms. The van der Waals surface area contributed by atoms with Gasteiger partial charge in [0.05, 0.1) is 5.92 Å². The Labute approximate surface area is 153 Å². The quantitative estimate of drug-likeness (QED) is 0.785. The van der Waals surface area contributed by atoms with Crippen molar-refractivity contribution in [2.24, 2.45) is 5.92 Å². The average molecular weight is 351 g/mol. The number of imidazole rings is 1. The summed E-state index contributed by atoms with van der Waals surface area (Å²) in [5, 5.41) is 1.13. The molecule has 0 unspecified atom stereocenters. The van der Waals surface area contributed by atoms with E-state index in [4.69, 9.17) is 0 Å². The van der Waals surface area contributed by atoms with E-state index in [9.17, 15) is 4.79 Å². The van der Waals surface area contributed by atoms with Crippen molar-refractivity contribution >= 4 is 16.9 Å². The number of carbonyl (C=O) groups is 1. The van der Waals surface area contributed by atoms with Crippen molar-refractivity contribution in [2.75, 3.05) is 13.1 Å². The van der Waals surface area contributed by atoms with E-state index < -0.39 is 0 Å². The summed E-state index contributed by atoms with van der Waals surface area (Å²) in [5.74, 6) is 1.49. The number of fused-ring (bicyclic) bond motifs is 1. The van der Waals surface area contributed by atoms with Crippen LogP contribution in [0.2, 0.25) is 0 Å². The van der Waals surface area contributed by atoms with Gasteiger partial charge in [0, 0.05) is 55.2 Å². The standard InChI is InChI=1S/C20H25N5O/c1-14(12-24-10-8-21-15(24)2)20(26)25-9-4-6-17(13-25)18-11-16-5-3-7-22-19(16)23-18/h3,5,7-8,10-11,14,17H,4,6,9,12-13H2,1-2H3,(H,22,23)/t14-,17-/m0/s1. The molecule has 6 heteroatoms. The van der Waals surface area contributed by atoms with Crippen molar-refractivity contribution in [1.29, 1.82) is 0 Å². The molecule has 26 heavy (non-hydrogen) atoms. The molecule has 3 aromatic heterocycles. The van der Waals surface area contributed by atoms with Crippen molar-refractivity contribution in [3.05, 3.63) is 48.3 Å². The van der Waals surface area contributed by atoms with E-state index in [0.29, 0.717) is 12.5 Å². The zero-order chi connectivity index (χ0) is 18.1. The van der Waals surface area contributed by atoms with E-state index in [2.05, 4.69) is 27.1 Å². The van der Waals surface area contributed by atoms with E-state index >= 15 is 0 Å². The summed E-state index contributed by atoms with van der Waals surface area (Å²) in [6, 6.07) is 6.21. The van der Waals surface area contributed by atoms with Gasteiger partial charge in [0.25, 0.3) is 0 Å². The van der Waals surface area contributed by atoms with E-state index in [-0.39, 0.29) is 11.8 Å². The lowest BCUT2D eigenvalue weighted by atomic mass is 9.94. The third-order valence-corrected chi connectivity index (χ3v) is 5.40.